The molecule has 6 heteroatoms. The molecule has 1 aromatic heterocycles. The van der Waals surface area contributed by atoms with E-state index in [9.17, 15) is 4.39 Å². The molecule has 0 atom stereocenters. The summed E-state index contributed by atoms with van der Waals surface area (Å²) < 4.78 is 18.9. The average molecular weight is 372 g/mol. The van der Waals surface area contributed by atoms with Gasteiger partial charge in [-0.3, -0.25) is 4.90 Å². The van der Waals surface area contributed by atoms with E-state index in [1.807, 2.05) is 18.2 Å². The lowest BCUT2D eigenvalue weighted by Crippen LogP contribution is -2.46. The fourth-order valence-corrected chi connectivity index (χ4v) is 3.43. The van der Waals surface area contributed by atoms with Crippen LogP contribution in [0.3, 0.4) is 0 Å². The van der Waals surface area contributed by atoms with Gasteiger partial charge in [0.1, 0.15) is 5.82 Å². The van der Waals surface area contributed by atoms with Crippen molar-refractivity contribution < 1.29 is 8.81 Å². The molecular weight excluding hydrogens is 353 g/mol. The summed E-state index contributed by atoms with van der Waals surface area (Å²) in [4.78, 5) is 8.98. The van der Waals surface area contributed by atoms with Gasteiger partial charge in [0.25, 0.3) is 0 Å². The Balaban J connectivity index is 1.36. The fourth-order valence-electron chi connectivity index (χ4n) is 3.18. The van der Waals surface area contributed by atoms with Gasteiger partial charge in [0.05, 0.1) is 23.5 Å². The van der Waals surface area contributed by atoms with Crippen LogP contribution in [0.1, 0.15) is 5.89 Å². The highest BCUT2D eigenvalue weighted by Crippen LogP contribution is 2.26. The third-order valence-corrected chi connectivity index (χ3v) is 4.93. The number of anilines is 1. The second-order valence-electron chi connectivity index (χ2n) is 6.34. The summed E-state index contributed by atoms with van der Waals surface area (Å²) in [6, 6.07) is 14.2. The number of benzene rings is 2. The van der Waals surface area contributed by atoms with E-state index < -0.39 is 0 Å². The van der Waals surface area contributed by atoms with E-state index in [0.29, 0.717) is 18.2 Å². The van der Waals surface area contributed by atoms with Crippen LogP contribution in [0.4, 0.5) is 10.1 Å². The molecule has 0 radical (unpaired) electrons. The molecule has 4 nitrogen and oxygen atoms in total. The summed E-state index contributed by atoms with van der Waals surface area (Å²) >= 11 is 6.29. The summed E-state index contributed by atoms with van der Waals surface area (Å²) in [6.07, 6.45) is 1.70. The van der Waals surface area contributed by atoms with Crippen LogP contribution in [0, 0.1) is 5.82 Å². The molecule has 0 amide bonds. The van der Waals surface area contributed by atoms with E-state index in [2.05, 4.69) is 20.9 Å². The lowest BCUT2D eigenvalue weighted by Gasteiger charge is -2.35. The molecule has 1 aliphatic rings. The van der Waals surface area contributed by atoms with Gasteiger partial charge < -0.3 is 9.32 Å². The van der Waals surface area contributed by atoms with Crippen LogP contribution >= 0.6 is 11.6 Å². The molecule has 3 aromatic rings. The highest BCUT2D eigenvalue weighted by atomic mass is 35.5. The first kappa shape index (κ1) is 17.1. The Morgan fingerprint density at radius 1 is 1.00 bits per heavy atom. The molecule has 0 N–H and O–H groups in total. The second-order valence-corrected chi connectivity index (χ2v) is 6.75. The standard InChI is InChI=1S/C20H19ClFN3O/c21-17-3-1-2-4-18(17)25-11-9-24(10-12-25)14-20-23-13-19(26-20)15-5-7-16(22)8-6-15/h1-8,13H,9-12,14H2. The van der Waals surface area contributed by atoms with Crippen LogP contribution in [-0.2, 0) is 6.54 Å². The molecule has 2 heterocycles. The van der Waals surface area contributed by atoms with Crippen molar-refractivity contribution in [2.75, 3.05) is 31.1 Å². The minimum Gasteiger partial charge on any atom is -0.439 e. The number of nitrogens with zero attached hydrogens (tertiary/aromatic N) is 3. The molecule has 1 saturated heterocycles. The third kappa shape index (κ3) is 3.74. The van der Waals surface area contributed by atoms with E-state index in [1.165, 1.54) is 12.1 Å². The van der Waals surface area contributed by atoms with Crippen molar-refractivity contribution >= 4 is 17.3 Å². The molecule has 2 aromatic carbocycles. The molecular formula is C20H19ClFN3O. The smallest absolute Gasteiger partial charge is 0.209 e. The van der Waals surface area contributed by atoms with E-state index in [1.54, 1.807) is 18.3 Å². The fraction of sp³-hybridized carbons (Fsp3) is 0.250. The zero-order valence-electron chi connectivity index (χ0n) is 14.2. The number of para-hydroxylation sites is 1. The number of rotatable bonds is 4. The predicted octanol–water partition coefficient (Wildman–Crippen LogP) is 4.46. The molecule has 26 heavy (non-hydrogen) atoms. The topological polar surface area (TPSA) is 32.5 Å². The van der Waals surface area contributed by atoms with Crippen molar-refractivity contribution in [3.8, 4) is 11.3 Å². The summed E-state index contributed by atoms with van der Waals surface area (Å²) in [7, 11) is 0. The van der Waals surface area contributed by atoms with Gasteiger partial charge in [0.15, 0.2) is 5.76 Å². The minimum absolute atomic E-state index is 0.259. The highest BCUT2D eigenvalue weighted by Gasteiger charge is 2.20. The van der Waals surface area contributed by atoms with E-state index in [4.69, 9.17) is 16.0 Å². The maximum Gasteiger partial charge on any atom is 0.209 e. The number of hydrogen-bond acceptors (Lipinski definition) is 4. The van der Waals surface area contributed by atoms with Gasteiger partial charge in [-0.1, -0.05) is 23.7 Å². The van der Waals surface area contributed by atoms with Crippen LogP contribution < -0.4 is 4.90 Å². The first-order valence-corrected chi connectivity index (χ1v) is 8.99. The van der Waals surface area contributed by atoms with E-state index >= 15 is 0 Å². The molecule has 0 unspecified atom stereocenters. The third-order valence-electron chi connectivity index (χ3n) is 4.61. The number of piperazine rings is 1. The van der Waals surface area contributed by atoms with Gasteiger partial charge in [0.2, 0.25) is 5.89 Å². The first-order valence-electron chi connectivity index (χ1n) is 8.61. The van der Waals surface area contributed by atoms with Crippen molar-refractivity contribution in [2.45, 2.75) is 6.54 Å². The summed E-state index contributed by atoms with van der Waals surface area (Å²) in [5.41, 5.74) is 1.91. The average Bonchev–Trinajstić information content (AvgIpc) is 3.12. The Bertz CT molecular complexity index is 873. The Morgan fingerprint density at radius 2 is 1.73 bits per heavy atom. The van der Waals surface area contributed by atoms with Crippen molar-refractivity contribution in [2.24, 2.45) is 0 Å². The molecule has 1 fully saturated rings. The number of halogens is 2. The van der Waals surface area contributed by atoms with Gasteiger partial charge in [-0.05, 0) is 36.4 Å². The zero-order valence-corrected chi connectivity index (χ0v) is 15.0. The SMILES string of the molecule is Fc1ccc(-c2cnc(CN3CCN(c4ccccc4Cl)CC3)o2)cc1. The molecule has 0 saturated carbocycles. The normalized spacial score (nSPS) is 15.4. The minimum atomic E-state index is -0.259. The van der Waals surface area contributed by atoms with Crippen molar-refractivity contribution in [3.63, 3.8) is 0 Å². The Kier molecular flexibility index (Phi) is 4.91. The van der Waals surface area contributed by atoms with Crippen LogP contribution in [-0.4, -0.2) is 36.1 Å². The number of hydrogen-bond donors (Lipinski definition) is 0. The van der Waals surface area contributed by atoms with Crippen LogP contribution in [0.5, 0.6) is 0 Å². The van der Waals surface area contributed by atoms with Crippen molar-refractivity contribution in [1.29, 1.82) is 0 Å². The molecule has 1 aliphatic heterocycles. The molecule has 134 valence electrons. The van der Waals surface area contributed by atoms with Crippen LogP contribution in [0.2, 0.25) is 5.02 Å². The maximum atomic E-state index is 13.0. The van der Waals surface area contributed by atoms with Gasteiger partial charge in [0, 0.05) is 31.7 Å². The van der Waals surface area contributed by atoms with Gasteiger partial charge >= 0.3 is 0 Å². The first-order chi connectivity index (χ1) is 12.7. The lowest BCUT2D eigenvalue weighted by molar-refractivity contribution is 0.227. The van der Waals surface area contributed by atoms with Gasteiger partial charge in [-0.25, -0.2) is 9.37 Å². The Hall–Kier alpha value is -2.37. The van der Waals surface area contributed by atoms with Crippen molar-refractivity contribution in [1.82, 2.24) is 9.88 Å². The van der Waals surface area contributed by atoms with Gasteiger partial charge in [-0.15, -0.1) is 0 Å². The molecule has 4 rings (SSSR count). The maximum absolute atomic E-state index is 13.0. The zero-order chi connectivity index (χ0) is 17.9. The van der Waals surface area contributed by atoms with Crippen LogP contribution in [0.15, 0.2) is 59.1 Å². The monoisotopic (exact) mass is 371 g/mol. The summed E-state index contributed by atoms with van der Waals surface area (Å²) in [6.45, 7) is 4.32. The highest BCUT2D eigenvalue weighted by molar-refractivity contribution is 6.33. The number of oxazole rings is 1. The second kappa shape index (κ2) is 7.48. The van der Waals surface area contributed by atoms with Crippen molar-refractivity contribution in [3.05, 3.63) is 71.5 Å². The summed E-state index contributed by atoms with van der Waals surface area (Å²) in [5, 5.41) is 0.789. The quantitative estimate of drug-likeness (QED) is 0.678. The molecule has 0 aliphatic carbocycles. The van der Waals surface area contributed by atoms with E-state index in [0.717, 1.165) is 42.5 Å². The van der Waals surface area contributed by atoms with E-state index in [-0.39, 0.29) is 5.82 Å². The van der Waals surface area contributed by atoms with Gasteiger partial charge in [-0.2, -0.15) is 0 Å². The summed E-state index contributed by atoms with van der Waals surface area (Å²) in [5.74, 6) is 1.08. The Morgan fingerprint density at radius 3 is 2.46 bits per heavy atom. The predicted molar refractivity (Wildman–Crippen MR) is 101 cm³/mol. The molecule has 0 spiro atoms. The largest absolute Gasteiger partial charge is 0.439 e. The number of aromatic nitrogens is 1. The van der Waals surface area contributed by atoms with Crippen LogP contribution in [0.25, 0.3) is 11.3 Å². The lowest BCUT2D eigenvalue weighted by atomic mass is 10.2. The molecule has 0 bridgehead atoms. The Labute approximate surface area is 156 Å².